The van der Waals surface area contributed by atoms with E-state index in [-0.39, 0.29) is 0 Å². The van der Waals surface area contributed by atoms with Crippen molar-refractivity contribution in [3.05, 3.63) is 53.6 Å². The molecule has 1 aromatic heterocycles. The van der Waals surface area contributed by atoms with Crippen molar-refractivity contribution in [3.8, 4) is 5.75 Å². The summed E-state index contributed by atoms with van der Waals surface area (Å²) < 4.78 is 2.08. The van der Waals surface area contributed by atoms with Gasteiger partial charge in [0.2, 0.25) is 0 Å². The van der Waals surface area contributed by atoms with Crippen LogP contribution in [0.25, 0.3) is 10.2 Å². The first-order valence-electron chi connectivity index (χ1n) is 5.98. The molecule has 4 heteroatoms. The predicted molar refractivity (Wildman–Crippen MR) is 82.0 cm³/mol. The summed E-state index contributed by atoms with van der Waals surface area (Å²) in [5.74, 6) is 1.22. The lowest BCUT2D eigenvalue weighted by Crippen LogP contribution is -1.80. The van der Waals surface area contributed by atoms with Crippen molar-refractivity contribution in [2.45, 2.75) is 17.0 Å². The molecule has 1 heterocycles. The third-order valence-corrected chi connectivity index (χ3v) is 5.07. The number of aromatic nitrogens is 1. The Morgan fingerprint density at radius 3 is 2.74 bits per heavy atom. The van der Waals surface area contributed by atoms with Gasteiger partial charge in [-0.25, -0.2) is 4.98 Å². The number of aromatic hydroxyl groups is 1. The van der Waals surface area contributed by atoms with Crippen molar-refractivity contribution in [1.82, 2.24) is 4.98 Å². The molecule has 0 fully saturated rings. The van der Waals surface area contributed by atoms with Gasteiger partial charge in [-0.3, -0.25) is 0 Å². The van der Waals surface area contributed by atoms with Crippen LogP contribution in [0.15, 0.2) is 46.8 Å². The number of thioether (sulfide) groups is 1. The van der Waals surface area contributed by atoms with E-state index < -0.39 is 0 Å². The van der Waals surface area contributed by atoms with Crippen LogP contribution in [-0.2, 0) is 5.75 Å². The number of phenolic OH excluding ortho intramolecular Hbond substituents is 1. The van der Waals surface area contributed by atoms with Gasteiger partial charge in [-0.05, 0) is 30.7 Å². The molecule has 19 heavy (non-hydrogen) atoms. The van der Waals surface area contributed by atoms with Crippen molar-refractivity contribution in [3.63, 3.8) is 0 Å². The molecule has 0 radical (unpaired) electrons. The molecule has 1 N–H and O–H groups in total. The highest BCUT2D eigenvalue weighted by Gasteiger charge is 2.05. The molecule has 0 saturated carbocycles. The van der Waals surface area contributed by atoms with Crippen LogP contribution in [0.3, 0.4) is 0 Å². The Labute approximate surface area is 120 Å². The van der Waals surface area contributed by atoms with E-state index in [0.717, 1.165) is 20.3 Å². The molecule has 2 aromatic carbocycles. The van der Waals surface area contributed by atoms with E-state index in [1.54, 1.807) is 35.2 Å². The monoisotopic (exact) mass is 287 g/mol. The molecule has 2 nitrogen and oxygen atoms in total. The van der Waals surface area contributed by atoms with Gasteiger partial charge >= 0.3 is 0 Å². The number of fused-ring (bicyclic) bond motifs is 1. The summed E-state index contributed by atoms with van der Waals surface area (Å²) in [4.78, 5) is 4.56. The Balaban J connectivity index is 1.76. The van der Waals surface area contributed by atoms with E-state index in [0.29, 0.717) is 5.75 Å². The Bertz CT molecular complexity index is 704. The van der Waals surface area contributed by atoms with Crippen LogP contribution in [0, 0.1) is 6.92 Å². The third kappa shape index (κ3) is 2.91. The molecular weight excluding hydrogens is 274 g/mol. The topological polar surface area (TPSA) is 33.1 Å². The van der Waals surface area contributed by atoms with Crippen molar-refractivity contribution in [2.75, 3.05) is 0 Å². The van der Waals surface area contributed by atoms with Crippen LogP contribution in [0.4, 0.5) is 0 Å². The van der Waals surface area contributed by atoms with Gasteiger partial charge in [-0.15, -0.1) is 11.3 Å². The fraction of sp³-hybridized carbons (Fsp3) is 0.133. The normalized spacial score (nSPS) is 11.0. The highest BCUT2D eigenvalue weighted by atomic mass is 32.2. The Morgan fingerprint density at radius 2 is 1.95 bits per heavy atom. The summed E-state index contributed by atoms with van der Waals surface area (Å²) in [6.07, 6.45) is 0. The zero-order valence-electron chi connectivity index (χ0n) is 10.5. The summed E-state index contributed by atoms with van der Waals surface area (Å²) in [7, 11) is 0. The minimum absolute atomic E-state index is 0.297. The number of thiazole rings is 1. The van der Waals surface area contributed by atoms with Gasteiger partial charge in [0.15, 0.2) is 4.34 Å². The average Bonchev–Trinajstić information content (AvgIpc) is 2.80. The molecule has 0 amide bonds. The molecule has 3 rings (SSSR count). The van der Waals surface area contributed by atoms with Crippen LogP contribution in [0.2, 0.25) is 0 Å². The molecule has 0 aliphatic rings. The first kappa shape index (κ1) is 12.5. The number of phenols is 1. The zero-order chi connectivity index (χ0) is 13.2. The van der Waals surface area contributed by atoms with Crippen LogP contribution >= 0.6 is 23.1 Å². The number of aryl methyl sites for hydroxylation is 1. The highest BCUT2D eigenvalue weighted by molar-refractivity contribution is 8.00. The molecule has 0 unspecified atom stereocenters. The molecule has 0 atom stereocenters. The largest absolute Gasteiger partial charge is 0.508 e. The summed E-state index contributed by atoms with van der Waals surface area (Å²) in [5.41, 5.74) is 3.54. The van der Waals surface area contributed by atoms with Gasteiger partial charge in [0, 0.05) is 5.75 Å². The predicted octanol–water partition coefficient (Wildman–Crippen LogP) is 4.60. The lowest BCUT2D eigenvalue weighted by molar-refractivity contribution is 0.476. The first-order valence-corrected chi connectivity index (χ1v) is 7.79. The van der Waals surface area contributed by atoms with Crippen LogP contribution in [-0.4, -0.2) is 10.1 Å². The quantitative estimate of drug-likeness (QED) is 0.714. The molecule has 0 saturated heterocycles. The van der Waals surface area contributed by atoms with Crippen LogP contribution in [0.1, 0.15) is 11.1 Å². The second-order valence-corrected chi connectivity index (χ2v) is 6.66. The van der Waals surface area contributed by atoms with Gasteiger partial charge in [-0.1, -0.05) is 41.6 Å². The summed E-state index contributed by atoms with van der Waals surface area (Å²) in [6, 6.07) is 13.9. The van der Waals surface area contributed by atoms with E-state index in [1.807, 2.05) is 6.07 Å². The highest BCUT2D eigenvalue weighted by Crippen LogP contribution is 2.33. The van der Waals surface area contributed by atoms with Crippen molar-refractivity contribution >= 4 is 33.3 Å². The standard InChI is InChI=1S/C15H13NOS2/c1-10-2-4-11(5-3-10)9-18-15-16-13-7-6-12(17)8-14(13)19-15/h2-8,17H,9H2,1H3. The second-order valence-electron chi connectivity index (χ2n) is 4.41. The fourth-order valence-corrected chi connectivity index (χ4v) is 3.84. The van der Waals surface area contributed by atoms with Gasteiger partial charge < -0.3 is 5.11 Å². The fourth-order valence-electron chi connectivity index (χ4n) is 1.78. The maximum absolute atomic E-state index is 9.45. The molecule has 0 aliphatic carbocycles. The molecule has 0 bridgehead atoms. The van der Waals surface area contributed by atoms with Crippen molar-refractivity contribution in [1.29, 1.82) is 0 Å². The smallest absolute Gasteiger partial charge is 0.151 e. The maximum atomic E-state index is 9.45. The summed E-state index contributed by atoms with van der Waals surface area (Å²) in [6.45, 7) is 2.09. The number of hydrogen-bond acceptors (Lipinski definition) is 4. The van der Waals surface area contributed by atoms with Crippen LogP contribution in [0.5, 0.6) is 5.75 Å². The first-order chi connectivity index (χ1) is 9.20. The van der Waals surface area contributed by atoms with E-state index >= 15 is 0 Å². The van der Waals surface area contributed by atoms with E-state index in [2.05, 4.69) is 36.2 Å². The van der Waals surface area contributed by atoms with Gasteiger partial charge in [0.25, 0.3) is 0 Å². The lowest BCUT2D eigenvalue weighted by atomic mass is 10.2. The SMILES string of the molecule is Cc1ccc(CSc2nc3ccc(O)cc3s2)cc1. The van der Waals surface area contributed by atoms with Gasteiger partial charge in [0.05, 0.1) is 10.2 Å². The van der Waals surface area contributed by atoms with Crippen molar-refractivity contribution in [2.24, 2.45) is 0 Å². The average molecular weight is 287 g/mol. The number of benzene rings is 2. The molecule has 0 spiro atoms. The molecule has 0 aliphatic heterocycles. The van der Waals surface area contributed by atoms with Crippen molar-refractivity contribution < 1.29 is 5.11 Å². The van der Waals surface area contributed by atoms with Gasteiger partial charge in [-0.2, -0.15) is 0 Å². The van der Waals surface area contributed by atoms with Crippen LogP contribution < -0.4 is 0 Å². The minimum Gasteiger partial charge on any atom is -0.508 e. The lowest BCUT2D eigenvalue weighted by Gasteiger charge is -1.99. The maximum Gasteiger partial charge on any atom is 0.151 e. The number of rotatable bonds is 3. The Kier molecular flexibility index (Phi) is 3.44. The number of hydrogen-bond donors (Lipinski definition) is 1. The van der Waals surface area contributed by atoms with E-state index in [9.17, 15) is 5.11 Å². The summed E-state index contributed by atoms with van der Waals surface area (Å²) >= 11 is 3.36. The number of nitrogens with zero attached hydrogens (tertiary/aromatic N) is 1. The molecule has 3 aromatic rings. The van der Waals surface area contributed by atoms with E-state index in [4.69, 9.17) is 0 Å². The second kappa shape index (κ2) is 5.23. The van der Waals surface area contributed by atoms with Gasteiger partial charge in [0.1, 0.15) is 5.75 Å². The zero-order valence-corrected chi connectivity index (χ0v) is 12.1. The Morgan fingerprint density at radius 1 is 1.16 bits per heavy atom. The Hall–Kier alpha value is -1.52. The molecular formula is C15H13NOS2. The van der Waals surface area contributed by atoms with E-state index in [1.165, 1.54) is 11.1 Å². The minimum atomic E-state index is 0.297. The summed E-state index contributed by atoms with van der Waals surface area (Å²) in [5, 5.41) is 9.45. The third-order valence-electron chi connectivity index (χ3n) is 2.84. The molecule has 96 valence electrons.